The van der Waals surface area contributed by atoms with Gasteiger partial charge in [-0.3, -0.25) is 10.1 Å². The van der Waals surface area contributed by atoms with Crippen LogP contribution in [0.1, 0.15) is 52.5 Å². The van der Waals surface area contributed by atoms with Crippen molar-refractivity contribution in [3.05, 3.63) is 44.2 Å². The maximum Gasteiger partial charge on any atom is 0.261 e. The fraction of sp³-hybridized carbons (Fsp3) is 0.350. The molecule has 8 heteroatoms. The number of unbranched alkanes of at least 4 members (excludes halogenated alkanes) is 1. The fourth-order valence-corrected chi connectivity index (χ4v) is 4.91. The summed E-state index contributed by atoms with van der Waals surface area (Å²) in [5, 5.41) is 16.1. The molecule has 1 heterocycles. The number of thiophene rings is 1. The zero-order valence-corrected chi connectivity index (χ0v) is 18.7. The van der Waals surface area contributed by atoms with Crippen molar-refractivity contribution in [1.29, 1.82) is 5.26 Å². The summed E-state index contributed by atoms with van der Waals surface area (Å²) in [6, 6.07) is 7.57. The first kappa shape index (κ1) is 20.8. The van der Waals surface area contributed by atoms with Crippen molar-refractivity contribution in [2.24, 2.45) is 0 Å². The molecule has 0 fully saturated rings. The van der Waals surface area contributed by atoms with Crippen molar-refractivity contribution >= 4 is 55.5 Å². The average Bonchev–Trinajstić information content (AvgIpc) is 3.23. The van der Waals surface area contributed by atoms with Gasteiger partial charge in [0.2, 0.25) is 0 Å². The quantitative estimate of drug-likeness (QED) is 0.442. The summed E-state index contributed by atoms with van der Waals surface area (Å²) in [7, 11) is 0. The molecular formula is C20H20BrN3O2S2. The molecule has 1 aromatic heterocycles. The molecule has 2 aromatic rings. The Labute approximate surface area is 182 Å². The van der Waals surface area contributed by atoms with E-state index in [1.54, 1.807) is 12.1 Å². The number of nitrogens with one attached hydrogen (secondary N) is 2. The van der Waals surface area contributed by atoms with Crippen molar-refractivity contribution in [2.45, 2.75) is 39.0 Å². The third kappa shape index (κ3) is 4.72. The zero-order chi connectivity index (χ0) is 20.1. The number of thiocarbonyl (C=S) groups is 1. The highest BCUT2D eigenvalue weighted by molar-refractivity contribution is 9.10. The first-order chi connectivity index (χ1) is 13.5. The van der Waals surface area contributed by atoms with E-state index in [9.17, 15) is 10.1 Å². The molecule has 0 bridgehead atoms. The Morgan fingerprint density at radius 3 is 3.00 bits per heavy atom. The van der Waals surface area contributed by atoms with Crippen LogP contribution < -0.4 is 15.4 Å². The highest BCUT2D eigenvalue weighted by atomic mass is 79.9. The zero-order valence-electron chi connectivity index (χ0n) is 15.4. The second-order valence-electron chi connectivity index (χ2n) is 6.42. The highest BCUT2D eigenvalue weighted by Crippen LogP contribution is 2.38. The van der Waals surface area contributed by atoms with E-state index in [0.29, 0.717) is 28.5 Å². The Balaban J connectivity index is 1.71. The van der Waals surface area contributed by atoms with Crippen LogP contribution in [0.4, 0.5) is 5.00 Å². The SMILES string of the molecule is CCCCOc1ccc(Br)cc1C(=O)NC(=S)Nc1sc2c(c1C#N)CCC2. The number of anilines is 1. The first-order valence-corrected chi connectivity index (χ1v) is 11.1. The molecule has 0 atom stereocenters. The van der Waals surface area contributed by atoms with Gasteiger partial charge in [-0.15, -0.1) is 11.3 Å². The minimum absolute atomic E-state index is 0.168. The number of hydrogen-bond acceptors (Lipinski definition) is 5. The lowest BCUT2D eigenvalue weighted by atomic mass is 10.1. The van der Waals surface area contributed by atoms with Gasteiger partial charge in [-0.25, -0.2) is 0 Å². The lowest BCUT2D eigenvalue weighted by Gasteiger charge is -2.13. The van der Waals surface area contributed by atoms with Crippen LogP contribution >= 0.6 is 39.5 Å². The number of rotatable bonds is 6. The maximum absolute atomic E-state index is 12.7. The van der Waals surface area contributed by atoms with Crippen LogP contribution in [0.5, 0.6) is 5.75 Å². The van der Waals surface area contributed by atoms with Crippen LogP contribution in [0.2, 0.25) is 0 Å². The van der Waals surface area contributed by atoms with E-state index in [2.05, 4.69) is 39.6 Å². The summed E-state index contributed by atoms with van der Waals surface area (Å²) >= 11 is 10.2. The van der Waals surface area contributed by atoms with E-state index in [-0.39, 0.29) is 11.0 Å². The second kappa shape index (κ2) is 9.50. The van der Waals surface area contributed by atoms with Crippen molar-refractivity contribution in [3.8, 4) is 11.8 Å². The molecule has 1 aliphatic carbocycles. The van der Waals surface area contributed by atoms with Gasteiger partial charge >= 0.3 is 0 Å². The van der Waals surface area contributed by atoms with Crippen molar-refractivity contribution in [3.63, 3.8) is 0 Å². The van der Waals surface area contributed by atoms with E-state index in [1.165, 1.54) is 16.2 Å². The summed E-state index contributed by atoms with van der Waals surface area (Å²) in [4.78, 5) is 14.0. The number of amides is 1. The molecule has 0 saturated heterocycles. The number of fused-ring (bicyclic) bond motifs is 1. The van der Waals surface area contributed by atoms with Gasteiger partial charge < -0.3 is 10.1 Å². The number of nitrogens with zero attached hydrogens (tertiary/aromatic N) is 1. The molecule has 0 radical (unpaired) electrons. The predicted octanol–water partition coefficient (Wildman–Crippen LogP) is 5.18. The second-order valence-corrected chi connectivity index (χ2v) is 8.85. The lowest BCUT2D eigenvalue weighted by Crippen LogP contribution is -2.34. The monoisotopic (exact) mass is 477 g/mol. The minimum atomic E-state index is -0.354. The van der Waals surface area contributed by atoms with Gasteiger partial charge in [-0.1, -0.05) is 29.3 Å². The molecule has 28 heavy (non-hydrogen) atoms. The average molecular weight is 478 g/mol. The molecule has 1 aliphatic rings. The summed E-state index contributed by atoms with van der Waals surface area (Å²) in [6.07, 6.45) is 4.92. The minimum Gasteiger partial charge on any atom is -0.493 e. The molecule has 1 amide bonds. The van der Waals surface area contributed by atoms with Crippen LogP contribution in [0.15, 0.2) is 22.7 Å². The van der Waals surface area contributed by atoms with Crippen molar-refractivity contribution in [1.82, 2.24) is 5.32 Å². The molecule has 2 N–H and O–H groups in total. The summed E-state index contributed by atoms with van der Waals surface area (Å²) in [5.41, 5.74) is 2.16. The van der Waals surface area contributed by atoms with E-state index < -0.39 is 0 Å². The lowest BCUT2D eigenvalue weighted by molar-refractivity contribution is 0.0973. The number of carbonyl (C=O) groups is 1. The van der Waals surface area contributed by atoms with Gasteiger partial charge in [0, 0.05) is 9.35 Å². The molecule has 5 nitrogen and oxygen atoms in total. The number of aryl methyl sites for hydroxylation is 1. The number of halogens is 1. The molecule has 146 valence electrons. The first-order valence-electron chi connectivity index (χ1n) is 9.12. The van der Waals surface area contributed by atoms with E-state index in [0.717, 1.165) is 42.1 Å². The van der Waals surface area contributed by atoms with Crippen LogP contribution in [0.25, 0.3) is 0 Å². The standard InChI is InChI=1S/C20H20BrN3O2S2/c1-2-3-9-26-16-8-7-12(21)10-14(16)18(25)23-20(27)24-19-15(11-22)13-5-4-6-17(13)28-19/h7-8,10H,2-6,9H2,1H3,(H2,23,24,25,27). The Morgan fingerprint density at radius 2 is 2.25 bits per heavy atom. The smallest absolute Gasteiger partial charge is 0.261 e. The Hall–Kier alpha value is -1.95. The van der Waals surface area contributed by atoms with Crippen LogP contribution in [0.3, 0.4) is 0 Å². The molecule has 0 unspecified atom stereocenters. The topological polar surface area (TPSA) is 74.2 Å². The van der Waals surface area contributed by atoms with E-state index in [1.807, 2.05) is 6.07 Å². The summed E-state index contributed by atoms with van der Waals surface area (Å²) in [5.74, 6) is 0.165. The summed E-state index contributed by atoms with van der Waals surface area (Å²) < 4.78 is 6.52. The third-order valence-corrected chi connectivity index (χ3v) is 6.33. The molecule has 0 spiro atoms. The van der Waals surface area contributed by atoms with E-state index in [4.69, 9.17) is 17.0 Å². The van der Waals surface area contributed by atoms with Gasteiger partial charge in [0.05, 0.1) is 17.7 Å². The maximum atomic E-state index is 12.7. The van der Waals surface area contributed by atoms with Crippen LogP contribution in [-0.2, 0) is 12.8 Å². The fourth-order valence-electron chi connectivity index (χ4n) is 3.05. The van der Waals surface area contributed by atoms with Crippen LogP contribution in [0, 0.1) is 11.3 Å². The third-order valence-electron chi connectivity index (χ3n) is 4.43. The van der Waals surface area contributed by atoms with Crippen molar-refractivity contribution in [2.75, 3.05) is 11.9 Å². The van der Waals surface area contributed by atoms with Gasteiger partial charge in [0.25, 0.3) is 5.91 Å². The number of benzene rings is 1. The summed E-state index contributed by atoms with van der Waals surface area (Å²) in [6.45, 7) is 2.63. The normalized spacial score (nSPS) is 12.2. The number of ether oxygens (including phenoxy) is 1. The van der Waals surface area contributed by atoms with E-state index >= 15 is 0 Å². The number of nitriles is 1. The molecule has 0 aliphatic heterocycles. The highest BCUT2D eigenvalue weighted by Gasteiger charge is 2.23. The van der Waals surface area contributed by atoms with Crippen molar-refractivity contribution < 1.29 is 9.53 Å². The van der Waals surface area contributed by atoms with Gasteiger partial charge in [-0.05, 0) is 61.7 Å². The largest absolute Gasteiger partial charge is 0.493 e. The van der Waals surface area contributed by atoms with Gasteiger partial charge in [0.1, 0.15) is 16.8 Å². The molecule has 1 aromatic carbocycles. The Bertz CT molecular complexity index is 950. The molecular weight excluding hydrogens is 458 g/mol. The Morgan fingerprint density at radius 1 is 1.43 bits per heavy atom. The number of carbonyl (C=O) groups excluding carboxylic acids is 1. The predicted molar refractivity (Wildman–Crippen MR) is 119 cm³/mol. The Kier molecular flexibility index (Phi) is 7.05. The number of hydrogen-bond donors (Lipinski definition) is 2. The van der Waals surface area contributed by atoms with Gasteiger partial charge in [0.15, 0.2) is 5.11 Å². The molecule has 0 saturated carbocycles. The molecule has 3 rings (SSSR count). The van der Waals surface area contributed by atoms with Crippen LogP contribution in [-0.4, -0.2) is 17.6 Å². The van der Waals surface area contributed by atoms with Gasteiger partial charge in [-0.2, -0.15) is 5.26 Å².